The third kappa shape index (κ3) is 4.07. The van der Waals surface area contributed by atoms with Gasteiger partial charge in [0.2, 0.25) is 0 Å². The van der Waals surface area contributed by atoms with Gasteiger partial charge in [0.05, 0.1) is 12.2 Å². The summed E-state index contributed by atoms with van der Waals surface area (Å²) in [4.78, 5) is 2.53. The molecule has 1 fully saturated rings. The van der Waals surface area contributed by atoms with Crippen LogP contribution in [0.5, 0.6) is 0 Å². The molecule has 108 valence electrons. The largest absolute Gasteiger partial charge is 0.303 e. The van der Waals surface area contributed by atoms with E-state index in [1.807, 2.05) is 0 Å². The highest BCUT2D eigenvalue weighted by Crippen LogP contribution is 2.22. The van der Waals surface area contributed by atoms with E-state index in [-0.39, 0.29) is 0 Å². The Labute approximate surface area is 118 Å². The Balaban J connectivity index is 1.83. The van der Waals surface area contributed by atoms with E-state index in [2.05, 4.69) is 47.8 Å². The van der Waals surface area contributed by atoms with Crippen molar-refractivity contribution in [2.75, 3.05) is 19.6 Å². The van der Waals surface area contributed by atoms with E-state index < -0.39 is 0 Å². The highest BCUT2D eigenvalue weighted by atomic mass is 15.3. The molecule has 0 N–H and O–H groups in total. The average molecular weight is 263 g/mol. The quantitative estimate of drug-likeness (QED) is 0.783. The Morgan fingerprint density at radius 2 is 2.05 bits per heavy atom. The lowest BCUT2D eigenvalue weighted by molar-refractivity contribution is 0.187. The SMILES string of the molecule is CC[C@H](C)CCc1cnn(C2CCN(CC)CC2)c1. The molecule has 0 unspecified atom stereocenters. The molecule has 1 aliphatic rings. The number of hydrogen-bond donors (Lipinski definition) is 0. The van der Waals surface area contributed by atoms with E-state index in [4.69, 9.17) is 0 Å². The number of nitrogens with zero attached hydrogens (tertiary/aromatic N) is 3. The van der Waals surface area contributed by atoms with Crippen molar-refractivity contribution in [1.29, 1.82) is 0 Å². The lowest BCUT2D eigenvalue weighted by Crippen LogP contribution is -2.34. The molecule has 1 saturated heterocycles. The van der Waals surface area contributed by atoms with E-state index in [9.17, 15) is 0 Å². The molecule has 1 atom stereocenters. The van der Waals surface area contributed by atoms with Crippen molar-refractivity contribution in [1.82, 2.24) is 14.7 Å². The zero-order valence-corrected chi connectivity index (χ0v) is 12.8. The number of hydrogen-bond acceptors (Lipinski definition) is 2. The molecule has 0 aliphatic carbocycles. The third-order valence-corrected chi connectivity index (χ3v) is 4.66. The fourth-order valence-electron chi connectivity index (χ4n) is 2.82. The summed E-state index contributed by atoms with van der Waals surface area (Å²) in [5, 5.41) is 4.59. The molecule has 0 radical (unpaired) electrons. The Kier molecular flexibility index (Phi) is 5.44. The van der Waals surface area contributed by atoms with Crippen LogP contribution < -0.4 is 0 Å². The van der Waals surface area contributed by atoms with Gasteiger partial charge in [-0.1, -0.05) is 27.2 Å². The summed E-state index contributed by atoms with van der Waals surface area (Å²) in [5.41, 5.74) is 1.42. The maximum atomic E-state index is 4.59. The van der Waals surface area contributed by atoms with Crippen LogP contribution in [0.25, 0.3) is 0 Å². The summed E-state index contributed by atoms with van der Waals surface area (Å²) in [6, 6.07) is 0.625. The van der Waals surface area contributed by atoms with Crippen molar-refractivity contribution in [3.8, 4) is 0 Å². The summed E-state index contributed by atoms with van der Waals surface area (Å²) in [6.07, 6.45) is 10.6. The fourth-order valence-corrected chi connectivity index (χ4v) is 2.82. The van der Waals surface area contributed by atoms with Crippen molar-refractivity contribution in [3.05, 3.63) is 18.0 Å². The second-order valence-corrected chi connectivity index (χ2v) is 6.05. The van der Waals surface area contributed by atoms with Crippen LogP contribution in [0, 0.1) is 5.92 Å². The van der Waals surface area contributed by atoms with E-state index in [1.54, 1.807) is 0 Å². The summed E-state index contributed by atoms with van der Waals surface area (Å²) >= 11 is 0. The Morgan fingerprint density at radius 1 is 1.32 bits per heavy atom. The zero-order valence-electron chi connectivity index (χ0n) is 12.8. The molecule has 0 amide bonds. The molecule has 1 aromatic rings. The van der Waals surface area contributed by atoms with Crippen molar-refractivity contribution in [3.63, 3.8) is 0 Å². The molecule has 1 aromatic heterocycles. The molecule has 3 nitrogen and oxygen atoms in total. The van der Waals surface area contributed by atoms with Gasteiger partial charge < -0.3 is 4.90 Å². The van der Waals surface area contributed by atoms with Gasteiger partial charge in [-0.15, -0.1) is 0 Å². The minimum Gasteiger partial charge on any atom is -0.303 e. The highest BCUT2D eigenvalue weighted by Gasteiger charge is 2.20. The standard InChI is InChI=1S/C16H29N3/c1-4-14(3)6-7-15-12-17-19(13-15)16-8-10-18(5-2)11-9-16/h12-14,16H,4-11H2,1-3H3/t14-/m0/s1. The molecule has 2 rings (SSSR count). The van der Waals surface area contributed by atoms with Crippen LogP contribution in [-0.2, 0) is 6.42 Å². The molecule has 0 spiro atoms. The zero-order chi connectivity index (χ0) is 13.7. The fraction of sp³-hybridized carbons (Fsp3) is 0.812. The Morgan fingerprint density at radius 3 is 2.68 bits per heavy atom. The van der Waals surface area contributed by atoms with Gasteiger partial charge in [0.15, 0.2) is 0 Å². The smallest absolute Gasteiger partial charge is 0.0543 e. The van der Waals surface area contributed by atoms with E-state index in [1.165, 1.54) is 57.3 Å². The van der Waals surface area contributed by atoms with Gasteiger partial charge in [-0.3, -0.25) is 4.68 Å². The van der Waals surface area contributed by atoms with Crippen LogP contribution in [0.1, 0.15) is 58.1 Å². The first-order valence-electron chi connectivity index (χ1n) is 7.98. The lowest BCUT2D eigenvalue weighted by Gasteiger charge is -2.31. The Bertz CT molecular complexity index is 364. The molecule has 1 aliphatic heterocycles. The van der Waals surface area contributed by atoms with Crippen LogP contribution in [0.15, 0.2) is 12.4 Å². The van der Waals surface area contributed by atoms with Crippen molar-refractivity contribution >= 4 is 0 Å². The van der Waals surface area contributed by atoms with Crippen LogP contribution in [0.2, 0.25) is 0 Å². The first kappa shape index (κ1) is 14.6. The molecule has 0 bridgehead atoms. The molecule has 0 aromatic carbocycles. The summed E-state index contributed by atoms with van der Waals surface area (Å²) < 4.78 is 2.22. The van der Waals surface area contributed by atoms with Crippen LogP contribution in [-0.4, -0.2) is 34.3 Å². The maximum Gasteiger partial charge on any atom is 0.0543 e. The number of aromatic nitrogens is 2. The van der Waals surface area contributed by atoms with Gasteiger partial charge in [-0.2, -0.15) is 5.10 Å². The average Bonchev–Trinajstić information content (AvgIpc) is 2.93. The van der Waals surface area contributed by atoms with Crippen LogP contribution >= 0.6 is 0 Å². The second-order valence-electron chi connectivity index (χ2n) is 6.05. The minimum atomic E-state index is 0.625. The normalized spacial score (nSPS) is 19.7. The third-order valence-electron chi connectivity index (χ3n) is 4.66. The first-order valence-corrected chi connectivity index (χ1v) is 7.98. The summed E-state index contributed by atoms with van der Waals surface area (Å²) in [5.74, 6) is 0.830. The van der Waals surface area contributed by atoms with E-state index in [0.717, 1.165) is 5.92 Å². The highest BCUT2D eigenvalue weighted by molar-refractivity contribution is 5.05. The number of rotatable bonds is 6. The van der Waals surface area contributed by atoms with Gasteiger partial charge in [0, 0.05) is 19.3 Å². The lowest BCUT2D eigenvalue weighted by atomic mass is 10.0. The van der Waals surface area contributed by atoms with E-state index in [0.29, 0.717) is 6.04 Å². The summed E-state index contributed by atoms with van der Waals surface area (Å²) in [6.45, 7) is 10.5. The van der Waals surface area contributed by atoms with Gasteiger partial charge in [-0.25, -0.2) is 0 Å². The monoisotopic (exact) mass is 263 g/mol. The predicted octanol–water partition coefficient (Wildman–Crippen LogP) is 3.52. The maximum absolute atomic E-state index is 4.59. The van der Waals surface area contributed by atoms with Gasteiger partial charge >= 0.3 is 0 Å². The second kappa shape index (κ2) is 7.09. The molecule has 0 saturated carbocycles. The van der Waals surface area contributed by atoms with Gasteiger partial charge in [0.25, 0.3) is 0 Å². The molecule has 2 heterocycles. The minimum absolute atomic E-state index is 0.625. The van der Waals surface area contributed by atoms with Gasteiger partial charge in [0.1, 0.15) is 0 Å². The molecular formula is C16H29N3. The predicted molar refractivity (Wildman–Crippen MR) is 80.4 cm³/mol. The molecular weight excluding hydrogens is 234 g/mol. The summed E-state index contributed by atoms with van der Waals surface area (Å²) in [7, 11) is 0. The molecule has 3 heteroatoms. The first-order chi connectivity index (χ1) is 9.22. The van der Waals surface area contributed by atoms with Gasteiger partial charge in [-0.05, 0) is 43.7 Å². The van der Waals surface area contributed by atoms with Crippen molar-refractivity contribution in [2.45, 2.75) is 58.9 Å². The number of piperidine rings is 1. The molecule has 19 heavy (non-hydrogen) atoms. The number of likely N-dealkylation sites (tertiary alicyclic amines) is 1. The van der Waals surface area contributed by atoms with Crippen LogP contribution in [0.4, 0.5) is 0 Å². The Hall–Kier alpha value is -0.830. The van der Waals surface area contributed by atoms with Crippen molar-refractivity contribution < 1.29 is 0 Å². The topological polar surface area (TPSA) is 21.1 Å². The van der Waals surface area contributed by atoms with Crippen molar-refractivity contribution in [2.24, 2.45) is 5.92 Å². The van der Waals surface area contributed by atoms with Crippen LogP contribution in [0.3, 0.4) is 0 Å². The van der Waals surface area contributed by atoms with E-state index >= 15 is 0 Å². The number of aryl methyl sites for hydroxylation is 1.